The Balaban J connectivity index is 2.98. The number of rotatable bonds is 4. The Labute approximate surface area is 89.9 Å². The first-order chi connectivity index (χ1) is 7.13. The van der Waals surface area contributed by atoms with Gasteiger partial charge in [0, 0.05) is 19.6 Å². The van der Waals surface area contributed by atoms with Crippen molar-refractivity contribution >= 4 is 5.82 Å². The van der Waals surface area contributed by atoms with E-state index < -0.39 is 0 Å². The smallest absolute Gasteiger partial charge is 0.142 e. The number of nitrogens with zero attached hydrogens (tertiary/aromatic N) is 3. The summed E-state index contributed by atoms with van der Waals surface area (Å²) in [6, 6.07) is 2.34. The molecule has 1 unspecified atom stereocenters. The molecule has 0 saturated carbocycles. The van der Waals surface area contributed by atoms with E-state index in [1.165, 1.54) is 0 Å². The van der Waals surface area contributed by atoms with Crippen molar-refractivity contribution in [3.63, 3.8) is 0 Å². The zero-order chi connectivity index (χ0) is 11.4. The normalized spacial score (nSPS) is 12.2. The number of nitrogens with two attached hydrogens (primary N) is 1. The van der Waals surface area contributed by atoms with Gasteiger partial charge in [0.15, 0.2) is 0 Å². The molecule has 0 aromatic carbocycles. The zero-order valence-corrected chi connectivity index (χ0v) is 9.41. The lowest BCUT2D eigenvalue weighted by molar-refractivity contribution is 0.678. The predicted molar refractivity (Wildman–Crippen MR) is 59.4 cm³/mol. The SMILES string of the molecule is CCC(CN)Nc1c(C#N)c(C)nn1C. The van der Waals surface area contributed by atoms with Crippen molar-refractivity contribution in [3.05, 3.63) is 11.3 Å². The number of nitrogens with one attached hydrogen (secondary N) is 1. The van der Waals surface area contributed by atoms with Gasteiger partial charge in [-0.2, -0.15) is 10.4 Å². The summed E-state index contributed by atoms with van der Waals surface area (Å²) in [7, 11) is 1.82. The van der Waals surface area contributed by atoms with Gasteiger partial charge in [0.05, 0.1) is 5.69 Å². The number of hydrogen-bond acceptors (Lipinski definition) is 4. The van der Waals surface area contributed by atoms with Crippen molar-refractivity contribution in [3.8, 4) is 6.07 Å². The molecule has 0 aliphatic rings. The van der Waals surface area contributed by atoms with Crippen LogP contribution in [-0.2, 0) is 7.05 Å². The van der Waals surface area contributed by atoms with Crippen LogP contribution in [0.5, 0.6) is 0 Å². The van der Waals surface area contributed by atoms with Gasteiger partial charge in [-0.3, -0.25) is 4.68 Å². The maximum Gasteiger partial charge on any atom is 0.142 e. The van der Waals surface area contributed by atoms with Crippen LogP contribution < -0.4 is 11.1 Å². The van der Waals surface area contributed by atoms with Gasteiger partial charge >= 0.3 is 0 Å². The van der Waals surface area contributed by atoms with Gasteiger partial charge in [-0.15, -0.1) is 0 Å². The van der Waals surface area contributed by atoms with Crippen molar-refractivity contribution in [2.45, 2.75) is 26.3 Å². The molecule has 15 heavy (non-hydrogen) atoms. The average molecular weight is 207 g/mol. The summed E-state index contributed by atoms with van der Waals surface area (Å²) in [5.74, 6) is 0.757. The van der Waals surface area contributed by atoms with E-state index >= 15 is 0 Å². The molecule has 0 aliphatic carbocycles. The molecule has 0 spiro atoms. The molecule has 5 nitrogen and oxygen atoms in total. The Bertz CT molecular complexity index is 370. The lowest BCUT2D eigenvalue weighted by atomic mass is 10.2. The molecule has 1 aromatic heterocycles. The highest BCUT2D eigenvalue weighted by Crippen LogP contribution is 2.18. The molecule has 1 atom stereocenters. The summed E-state index contributed by atoms with van der Waals surface area (Å²) in [5, 5.41) is 16.4. The van der Waals surface area contributed by atoms with Crippen LogP contribution >= 0.6 is 0 Å². The van der Waals surface area contributed by atoms with E-state index in [0.29, 0.717) is 12.1 Å². The van der Waals surface area contributed by atoms with Crippen LogP contribution in [0.25, 0.3) is 0 Å². The van der Waals surface area contributed by atoms with Gasteiger partial charge in [0.25, 0.3) is 0 Å². The van der Waals surface area contributed by atoms with Crippen LogP contribution in [0, 0.1) is 18.3 Å². The highest BCUT2D eigenvalue weighted by molar-refractivity contribution is 5.55. The van der Waals surface area contributed by atoms with E-state index in [0.717, 1.165) is 17.9 Å². The number of nitriles is 1. The van der Waals surface area contributed by atoms with E-state index in [4.69, 9.17) is 11.0 Å². The van der Waals surface area contributed by atoms with E-state index in [1.54, 1.807) is 4.68 Å². The predicted octanol–water partition coefficient (Wildman–Crippen LogP) is 0.749. The fraction of sp³-hybridized carbons (Fsp3) is 0.600. The minimum Gasteiger partial charge on any atom is -0.365 e. The second-order valence-corrected chi connectivity index (χ2v) is 3.53. The highest BCUT2D eigenvalue weighted by atomic mass is 15.3. The molecule has 5 heteroatoms. The van der Waals surface area contributed by atoms with Crippen LogP contribution in [0.2, 0.25) is 0 Å². The number of hydrogen-bond donors (Lipinski definition) is 2. The Morgan fingerprint density at radius 2 is 2.33 bits per heavy atom. The molecule has 0 aliphatic heterocycles. The molecule has 0 amide bonds. The van der Waals surface area contributed by atoms with Gasteiger partial charge in [-0.05, 0) is 13.3 Å². The van der Waals surface area contributed by atoms with Crippen molar-refractivity contribution in [1.29, 1.82) is 5.26 Å². The molecule has 3 N–H and O–H groups in total. The van der Waals surface area contributed by atoms with Crippen LogP contribution in [0.1, 0.15) is 24.6 Å². The number of aryl methyl sites for hydroxylation is 2. The van der Waals surface area contributed by atoms with Crippen LogP contribution in [0.15, 0.2) is 0 Å². The third-order valence-electron chi connectivity index (χ3n) is 2.45. The minimum absolute atomic E-state index is 0.187. The minimum atomic E-state index is 0.187. The number of aromatic nitrogens is 2. The molecular weight excluding hydrogens is 190 g/mol. The van der Waals surface area contributed by atoms with Gasteiger partial charge in [0.2, 0.25) is 0 Å². The molecule has 82 valence electrons. The summed E-state index contributed by atoms with van der Waals surface area (Å²) >= 11 is 0. The maximum atomic E-state index is 9.00. The summed E-state index contributed by atoms with van der Waals surface area (Å²) in [5.41, 5.74) is 6.95. The molecule has 1 rings (SSSR count). The summed E-state index contributed by atoms with van der Waals surface area (Å²) < 4.78 is 1.69. The van der Waals surface area contributed by atoms with Crippen LogP contribution in [0.3, 0.4) is 0 Å². The lowest BCUT2D eigenvalue weighted by Gasteiger charge is -2.16. The lowest BCUT2D eigenvalue weighted by Crippen LogP contribution is -2.29. The van der Waals surface area contributed by atoms with Gasteiger partial charge in [-0.1, -0.05) is 6.92 Å². The summed E-state index contributed by atoms with van der Waals surface area (Å²) in [4.78, 5) is 0. The van der Waals surface area contributed by atoms with Crippen LogP contribution in [0.4, 0.5) is 5.82 Å². The fourth-order valence-electron chi connectivity index (χ4n) is 1.48. The Kier molecular flexibility index (Phi) is 3.69. The van der Waals surface area contributed by atoms with Gasteiger partial charge in [0.1, 0.15) is 17.5 Å². The summed E-state index contributed by atoms with van der Waals surface area (Å²) in [6.45, 7) is 4.43. The molecule has 1 aromatic rings. The zero-order valence-electron chi connectivity index (χ0n) is 9.41. The molecular formula is C10H17N5. The third kappa shape index (κ3) is 2.28. The topological polar surface area (TPSA) is 79.7 Å². The van der Waals surface area contributed by atoms with E-state index in [2.05, 4.69) is 23.4 Å². The van der Waals surface area contributed by atoms with Crippen molar-refractivity contribution in [2.75, 3.05) is 11.9 Å². The second kappa shape index (κ2) is 4.80. The second-order valence-electron chi connectivity index (χ2n) is 3.53. The number of anilines is 1. The summed E-state index contributed by atoms with van der Waals surface area (Å²) in [6.07, 6.45) is 0.922. The van der Waals surface area contributed by atoms with Gasteiger partial charge in [-0.25, -0.2) is 0 Å². The Hall–Kier alpha value is -1.54. The van der Waals surface area contributed by atoms with E-state index in [1.807, 2.05) is 14.0 Å². The van der Waals surface area contributed by atoms with Crippen LogP contribution in [-0.4, -0.2) is 22.4 Å². The first-order valence-electron chi connectivity index (χ1n) is 5.04. The fourth-order valence-corrected chi connectivity index (χ4v) is 1.48. The molecule has 0 radical (unpaired) electrons. The monoisotopic (exact) mass is 207 g/mol. The largest absolute Gasteiger partial charge is 0.365 e. The maximum absolute atomic E-state index is 9.00. The first kappa shape index (κ1) is 11.5. The Morgan fingerprint density at radius 1 is 1.67 bits per heavy atom. The van der Waals surface area contributed by atoms with E-state index in [-0.39, 0.29) is 6.04 Å². The first-order valence-corrected chi connectivity index (χ1v) is 5.04. The quantitative estimate of drug-likeness (QED) is 0.763. The molecule has 0 saturated heterocycles. The van der Waals surface area contributed by atoms with Crippen molar-refractivity contribution < 1.29 is 0 Å². The van der Waals surface area contributed by atoms with Gasteiger partial charge < -0.3 is 11.1 Å². The van der Waals surface area contributed by atoms with E-state index in [9.17, 15) is 0 Å². The third-order valence-corrected chi connectivity index (χ3v) is 2.45. The average Bonchev–Trinajstić information content (AvgIpc) is 2.49. The Morgan fingerprint density at radius 3 is 2.80 bits per heavy atom. The molecule has 1 heterocycles. The van der Waals surface area contributed by atoms with Crippen molar-refractivity contribution in [1.82, 2.24) is 9.78 Å². The molecule has 0 fully saturated rings. The molecule has 0 bridgehead atoms. The van der Waals surface area contributed by atoms with Crippen molar-refractivity contribution in [2.24, 2.45) is 12.8 Å². The standard InChI is InChI=1S/C10H17N5/c1-4-8(5-11)13-10-9(6-12)7(2)14-15(10)3/h8,13H,4-5,11H2,1-3H3. The highest BCUT2D eigenvalue weighted by Gasteiger charge is 2.14.